The zero-order chi connectivity index (χ0) is 7.68. The molecule has 0 spiro atoms. The Bertz CT molecular complexity index is 255. The molecule has 0 fully saturated rings. The van der Waals surface area contributed by atoms with E-state index >= 15 is 0 Å². The molecule has 0 amide bonds. The standard InChI is InChI=1S/C10H12S/c1-8-6-11-7-9-4-2-3-5-10(8)9/h2-5,8H,6-7H2,1H3. The topological polar surface area (TPSA) is 0 Å². The van der Waals surface area contributed by atoms with Crippen LogP contribution in [-0.2, 0) is 5.75 Å². The molecule has 2 rings (SSSR count). The lowest BCUT2D eigenvalue weighted by molar-refractivity contribution is 0.854. The van der Waals surface area contributed by atoms with Gasteiger partial charge in [0.05, 0.1) is 0 Å². The molecule has 11 heavy (non-hydrogen) atoms. The fourth-order valence-electron chi connectivity index (χ4n) is 1.58. The third-order valence-corrected chi connectivity index (χ3v) is 3.46. The summed E-state index contributed by atoms with van der Waals surface area (Å²) >= 11 is 2.05. The third-order valence-electron chi connectivity index (χ3n) is 2.21. The van der Waals surface area contributed by atoms with Crippen LogP contribution in [0.15, 0.2) is 24.3 Å². The lowest BCUT2D eigenvalue weighted by atomic mass is 9.98. The van der Waals surface area contributed by atoms with Crippen LogP contribution in [0, 0.1) is 0 Å². The second-order valence-corrected chi connectivity index (χ2v) is 4.15. The molecule has 1 aliphatic rings. The molecule has 0 saturated heterocycles. The van der Waals surface area contributed by atoms with Crippen LogP contribution >= 0.6 is 11.8 Å². The van der Waals surface area contributed by atoms with Crippen molar-refractivity contribution >= 4 is 11.8 Å². The van der Waals surface area contributed by atoms with Gasteiger partial charge in [-0.3, -0.25) is 0 Å². The number of benzene rings is 1. The molecule has 1 aromatic rings. The third kappa shape index (κ3) is 1.30. The first-order valence-electron chi connectivity index (χ1n) is 4.03. The SMILES string of the molecule is CC1CSCc2ccccc21. The largest absolute Gasteiger partial charge is 0.157 e. The van der Waals surface area contributed by atoms with Crippen LogP contribution < -0.4 is 0 Å². The Morgan fingerprint density at radius 3 is 3.00 bits per heavy atom. The number of rotatable bonds is 0. The van der Waals surface area contributed by atoms with E-state index in [1.807, 2.05) is 11.8 Å². The summed E-state index contributed by atoms with van der Waals surface area (Å²) in [6, 6.07) is 8.79. The molecular weight excluding hydrogens is 152 g/mol. The van der Waals surface area contributed by atoms with E-state index in [1.54, 1.807) is 5.56 Å². The highest BCUT2D eigenvalue weighted by molar-refractivity contribution is 7.98. The smallest absolute Gasteiger partial charge is 0.0187 e. The maximum atomic E-state index is 2.31. The first-order chi connectivity index (χ1) is 5.38. The van der Waals surface area contributed by atoms with Gasteiger partial charge >= 0.3 is 0 Å². The zero-order valence-corrected chi connectivity index (χ0v) is 7.53. The molecule has 0 saturated carbocycles. The van der Waals surface area contributed by atoms with Crippen molar-refractivity contribution in [3.63, 3.8) is 0 Å². The molecule has 1 aliphatic heterocycles. The first kappa shape index (κ1) is 7.23. The van der Waals surface area contributed by atoms with E-state index in [0.29, 0.717) is 0 Å². The van der Waals surface area contributed by atoms with Crippen molar-refractivity contribution in [1.29, 1.82) is 0 Å². The Morgan fingerprint density at radius 1 is 1.36 bits per heavy atom. The highest BCUT2D eigenvalue weighted by atomic mass is 32.2. The van der Waals surface area contributed by atoms with Gasteiger partial charge in [0.1, 0.15) is 0 Å². The molecule has 0 aliphatic carbocycles. The average Bonchev–Trinajstić information content (AvgIpc) is 2.06. The van der Waals surface area contributed by atoms with Crippen LogP contribution in [0.2, 0.25) is 0 Å². The zero-order valence-electron chi connectivity index (χ0n) is 6.71. The summed E-state index contributed by atoms with van der Waals surface area (Å²) in [5.41, 5.74) is 3.10. The van der Waals surface area contributed by atoms with Gasteiger partial charge in [-0.2, -0.15) is 11.8 Å². The Hall–Kier alpha value is -0.430. The second-order valence-electron chi connectivity index (χ2n) is 3.11. The van der Waals surface area contributed by atoms with Crippen LogP contribution in [0.5, 0.6) is 0 Å². The molecule has 0 bridgehead atoms. The fourth-order valence-corrected chi connectivity index (χ4v) is 2.72. The molecule has 0 radical (unpaired) electrons. The summed E-state index contributed by atoms with van der Waals surface area (Å²) in [6.07, 6.45) is 0. The molecule has 1 heterocycles. The first-order valence-corrected chi connectivity index (χ1v) is 5.19. The predicted molar refractivity (Wildman–Crippen MR) is 51.0 cm³/mol. The minimum absolute atomic E-state index is 0.755. The average molecular weight is 164 g/mol. The van der Waals surface area contributed by atoms with Crippen molar-refractivity contribution in [2.45, 2.75) is 18.6 Å². The maximum Gasteiger partial charge on any atom is 0.0187 e. The minimum Gasteiger partial charge on any atom is -0.157 e. The van der Waals surface area contributed by atoms with Gasteiger partial charge in [0, 0.05) is 11.5 Å². The van der Waals surface area contributed by atoms with Crippen LogP contribution in [0.4, 0.5) is 0 Å². The van der Waals surface area contributed by atoms with E-state index in [-0.39, 0.29) is 0 Å². The summed E-state index contributed by atoms with van der Waals surface area (Å²) in [7, 11) is 0. The molecule has 58 valence electrons. The van der Waals surface area contributed by atoms with E-state index in [2.05, 4.69) is 31.2 Å². The summed E-state index contributed by atoms with van der Waals surface area (Å²) < 4.78 is 0. The van der Waals surface area contributed by atoms with Gasteiger partial charge in [-0.15, -0.1) is 0 Å². The molecule has 1 atom stereocenters. The Morgan fingerprint density at radius 2 is 2.18 bits per heavy atom. The van der Waals surface area contributed by atoms with Crippen LogP contribution in [0.3, 0.4) is 0 Å². The summed E-state index contributed by atoms with van der Waals surface area (Å²) in [4.78, 5) is 0. The minimum atomic E-state index is 0.755. The van der Waals surface area contributed by atoms with Crippen molar-refractivity contribution in [3.05, 3.63) is 35.4 Å². The highest BCUT2D eigenvalue weighted by Gasteiger charge is 2.14. The maximum absolute atomic E-state index is 2.31. The van der Waals surface area contributed by atoms with Gasteiger partial charge in [-0.1, -0.05) is 31.2 Å². The van der Waals surface area contributed by atoms with E-state index in [0.717, 1.165) is 5.92 Å². The number of hydrogen-bond acceptors (Lipinski definition) is 1. The molecule has 1 aromatic carbocycles. The van der Waals surface area contributed by atoms with E-state index < -0.39 is 0 Å². The molecular formula is C10H12S. The van der Waals surface area contributed by atoms with Gasteiger partial charge in [0.2, 0.25) is 0 Å². The summed E-state index contributed by atoms with van der Waals surface area (Å²) in [5, 5.41) is 0. The molecule has 0 N–H and O–H groups in total. The molecule has 0 nitrogen and oxygen atoms in total. The van der Waals surface area contributed by atoms with Gasteiger partial charge < -0.3 is 0 Å². The van der Waals surface area contributed by atoms with Gasteiger partial charge in [0.25, 0.3) is 0 Å². The van der Waals surface area contributed by atoms with Gasteiger partial charge in [0.15, 0.2) is 0 Å². The lowest BCUT2D eigenvalue weighted by Gasteiger charge is -2.21. The quantitative estimate of drug-likeness (QED) is 0.568. The van der Waals surface area contributed by atoms with Crippen molar-refractivity contribution in [1.82, 2.24) is 0 Å². The highest BCUT2D eigenvalue weighted by Crippen LogP contribution is 2.32. The molecule has 1 unspecified atom stereocenters. The molecule has 0 aromatic heterocycles. The lowest BCUT2D eigenvalue weighted by Crippen LogP contribution is -2.06. The van der Waals surface area contributed by atoms with Crippen molar-refractivity contribution < 1.29 is 0 Å². The normalized spacial score (nSPS) is 22.8. The number of hydrogen-bond donors (Lipinski definition) is 0. The van der Waals surface area contributed by atoms with Gasteiger partial charge in [-0.25, -0.2) is 0 Å². The fraction of sp³-hybridized carbons (Fsp3) is 0.400. The van der Waals surface area contributed by atoms with Crippen molar-refractivity contribution in [3.8, 4) is 0 Å². The molecule has 1 heteroatoms. The monoisotopic (exact) mass is 164 g/mol. The Labute approximate surface area is 72.0 Å². The van der Waals surface area contributed by atoms with Crippen LogP contribution in [0.1, 0.15) is 24.0 Å². The Kier molecular flexibility index (Phi) is 1.91. The van der Waals surface area contributed by atoms with E-state index in [9.17, 15) is 0 Å². The van der Waals surface area contributed by atoms with E-state index in [4.69, 9.17) is 0 Å². The Balaban J connectivity index is 2.44. The van der Waals surface area contributed by atoms with E-state index in [1.165, 1.54) is 17.1 Å². The van der Waals surface area contributed by atoms with Gasteiger partial charge in [-0.05, 0) is 17.0 Å². The summed E-state index contributed by atoms with van der Waals surface area (Å²) in [6.45, 7) is 2.31. The summed E-state index contributed by atoms with van der Waals surface area (Å²) in [5.74, 6) is 3.25. The van der Waals surface area contributed by atoms with Crippen LogP contribution in [0.25, 0.3) is 0 Å². The van der Waals surface area contributed by atoms with Crippen molar-refractivity contribution in [2.24, 2.45) is 0 Å². The number of fused-ring (bicyclic) bond motifs is 1. The van der Waals surface area contributed by atoms with Crippen molar-refractivity contribution in [2.75, 3.05) is 5.75 Å². The second kappa shape index (κ2) is 2.90. The number of thioether (sulfide) groups is 1. The predicted octanol–water partition coefficient (Wildman–Crippen LogP) is 3.04. The van der Waals surface area contributed by atoms with Crippen LogP contribution in [-0.4, -0.2) is 5.75 Å².